The molecule has 2 heteroatoms. The van der Waals surface area contributed by atoms with Crippen molar-refractivity contribution in [2.45, 2.75) is 58.3 Å². The summed E-state index contributed by atoms with van der Waals surface area (Å²) in [4.78, 5) is 10.9. The van der Waals surface area contributed by atoms with Gasteiger partial charge in [-0.2, -0.15) is 0 Å². The van der Waals surface area contributed by atoms with E-state index in [0.29, 0.717) is 6.61 Å². The molecule has 0 saturated heterocycles. The molecule has 0 spiro atoms. The van der Waals surface area contributed by atoms with E-state index in [0.717, 1.165) is 12.8 Å². The van der Waals surface area contributed by atoms with Crippen LogP contribution in [0.1, 0.15) is 58.3 Å². The fraction of sp³-hybridized carbons (Fsp3) is 0.714. The predicted molar refractivity (Wildman–Crippen MR) is 67.3 cm³/mol. The van der Waals surface area contributed by atoms with Gasteiger partial charge in [0.05, 0.1) is 12.7 Å². The number of ether oxygens (including phenoxy) is 1. The van der Waals surface area contributed by atoms with Gasteiger partial charge < -0.3 is 4.74 Å². The number of carbonyl (C=O) groups excluding carboxylic acids is 1. The second-order valence-corrected chi connectivity index (χ2v) is 3.99. The van der Waals surface area contributed by atoms with Crippen molar-refractivity contribution in [2.75, 3.05) is 6.61 Å². The molecule has 0 aliphatic heterocycles. The van der Waals surface area contributed by atoms with Gasteiger partial charge in [-0.05, 0) is 6.42 Å². The van der Waals surface area contributed by atoms with Crippen LogP contribution in [0.5, 0.6) is 0 Å². The minimum absolute atomic E-state index is 0.335. The SMILES string of the molecule is C=C=CC(=O)OCCCCCCCCCC. The summed E-state index contributed by atoms with van der Waals surface area (Å²) in [6.45, 7) is 6.06. The first-order chi connectivity index (χ1) is 7.81. The quantitative estimate of drug-likeness (QED) is 0.242. The maximum absolute atomic E-state index is 10.9. The van der Waals surface area contributed by atoms with Crippen LogP contribution in [0.2, 0.25) is 0 Å². The van der Waals surface area contributed by atoms with Gasteiger partial charge >= 0.3 is 5.97 Å². The summed E-state index contributed by atoms with van der Waals surface area (Å²) < 4.78 is 4.93. The van der Waals surface area contributed by atoms with Crippen molar-refractivity contribution in [1.29, 1.82) is 0 Å². The van der Waals surface area contributed by atoms with Gasteiger partial charge in [0, 0.05) is 0 Å². The van der Waals surface area contributed by atoms with Crippen LogP contribution in [0.15, 0.2) is 18.4 Å². The van der Waals surface area contributed by atoms with Gasteiger partial charge in [-0.25, -0.2) is 4.79 Å². The third-order valence-electron chi connectivity index (χ3n) is 2.46. The second-order valence-electron chi connectivity index (χ2n) is 3.99. The molecule has 0 aliphatic rings. The Hall–Kier alpha value is -1.01. The van der Waals surface area contributed by atoms with Crippen LogP contribution < -0.4 is 0 Å². The summed E-state index contributed by atoms with van der Waals surface area (Å²) in [7, 11) is 0. The van der Waals surface area contributed by atoms with Crippen molar-refractivity contribution >= 4 is 5.97 Å². The lowest BCUT2D eigenvalue weighted by Crippen LogP contribution is -2.01. The molecule has 0 saturated carbocycles. The lowest BCUT2D eigenvalue weighted by Gasteiger charge is -2.02. The fourth-order valence-corrected chi connectivity index (χ4v) is 1.53. The molecule has 0 aromatic heterocycles. The Morgan fingerprint density at radius 2 is 1.69 bits per heavy atom. The maximum Gasteiger partial charge on any atom is 0.338 e. The average molecular weight is 224 g/mol. The van der Waals surface area contributed by atoms with Crippen molar-refractivity contribution in [3.63, 3.8) is 0 Å². The molecule has 0 heterocycles. The van der Waals surface area contributed by atoms with Gasteiger partial charge in [0.1, 0.15) is 0 Å². The van der Waals surface area contributed by atoms with E-state index in [1.54, 1.807) is 0 Å². The molecule has 0 aromatic carbocycles. The molecule has 16 heavy (non-hydrogen) atoms. The molecular formula is C14H24O2. The zero-order valence-electron chi connectivity index (χ0n) is 10.5. The zero-order chi connectivity index (χ0) is 12.1. The lowest BCUT2D eigenvalue weighted by molar-refractivity contribution is -0.137. The van der Waals surface area contributed by atoms with Crippen LogP contribution in [-0.2, 0) is 9.53 Å². The molecule has 2 nitrogen and oxygen atoms in total. The van der Waals surface area contributed by atoms with Gasteiger partial charge in [-0.1, -0.05) is 58.4 Å². The largest absolute Gasteiger partial charge is 0.462 e. The summed E-state index contributed by atoms with van der Waals surface area (Å²) in [5.41, 5.74) is 2.40. The third kappa shape index (κ3) is 11.1. The van der Waals surface area contributed by atoms with Crippen LogP contribution >= 0.6 is 0 Å². The molecule has 0 rings (SSSR count). The number of hydrogen-bond acceptors (Lipinski definition) is 2. The van der Waals surface area contributed by atoms with E-state index in [1.165, 1.54) is 44.6 Å². The Balaban J connectivity index is 3.09. The Morgan fingerprint density at radius 1 is 1.12 bits per heavy atom. The van der Waals surface area contributed by atoms with Crippen LogP contribution in [0.3, 0.4) is 0 Å². The molecule has 0 aromatic rings. The molecule has 0 atom stereocenters. The monoisotopic (exact) mass is 224 g/mol. The Bertz CT molecular complexity index is 215. The van der Waals surface area contributed by atoms with Crippen molar-refractivity contribution < 1.29 is 9.53 Å². The van der Waals surface area contributed by atoms with Gasteiger partial charge in [0.15, 0.2) is 0 Å². The van der Waals surface area contributed by atoms with E-state index in [2.05, 4.69) is 19.2 Å². The van der Waals surface area contributed by atoms with Crippen LogP contribution in [0.25, 0.3) is 0 Å². The van der Waals surface area contributed by atoms with Gasteiger partial charge in [-0.15, -0.1) is 5.73 Å². The van der Waals surface area contributed by atoms with E-state index in [9.17, 15) is 4.79 Å². The molecule has 92 valence electrons. The van der Waals surface area contributed by atoms with Crippen LogP contribution in [0.4, 0.5) is 0 Å². The van der Waals surface area contributed by atoms with E-state index >= 15 is 0 Å². The van der Waals surface area contributed by atoms with E-state index in [1.807, 2.05) is 0 Å². The molecule has 0 amide bonds. The highest BCUT2D eigenvalue weighted by atomic mass is 16.5. The summed E-state index contributed by atoms with van der Waals surface area (Å²) in [6, 6.07) is 0. The number of rotatable bonds is 10. The predicted octanol–water partition coefficient (Wildman–Crippen LogP) is 4.01. The number of esters is 1. The first-order valence-electron chi connectivity index (χ1n) is 6.33. The lowest BCUT2D eigenvalue weighted by atomic mass is 10.1. The zero-order valence-corrected chi connectivity index (χ0v) is 10.5. The van der Waals surface area contributed by atoms with E-state index in [-0.39, 0.29) is 5.97 Å². The smallest absolute Gasteiger partial charge is 0.338 e. The minimum atomic E-state index is -0.335. The highest BCUT2D eigenvalue weighted by Crippen LogP contribution is 2.08. The van der Waals surface area contributed by atoms with Crippen LogP contribution in [0, 0.1) is 0 Å². The molecule has 0 bridgehead atoms. The van der Waals surface area contributed by atoms with Crippen LogP contribution in [-0.4, -0.2) is 12.6 Å². The second kappa shape index (κ2) is 12.1. The standard InChI is InChI=1S/C14H24O2/c1-3-5-6-7-8-9-10-11-13-16-14(15)12-4-2/h12H,2-3,5-11,13H2,1H3. The summed E-state index contributed by atoms with van der Waals surface area (Å²) in [6.07, 6.45) is 11.2. The molecule has 0 unspecified atom stereocenters. The minimum Gasteiger partial charge on any atom is -0.462 e. The normalized spacial score (nSPS) is 9.56. The average Bonchev–Trinajstić information content (AvgIpc) is 2.27. The summed E-state index contributed by atoms with van der Waals surface area (Å²) >= 11 is 0. The topological polar surface area (TPSA) is 26.3 Å². The fourth-order valence-electron chi connectivity index (χ4n) is 1.53. The maximum atomic E-state index is 10.9. The first-order valence-corrected chi connectivity index (χ1v) is 6.33. The number of hydrogen-bond donors (Lipinski definition) is 0. The summed E-state index contributed by atoms with van der Waals surface area (Å²) in [5, 5.41) is 0. The van der Waals surface area contributed by atoms with Crippen molar-refractivity contribution in [3.05, 3.63) is 18.4 Å². The highest BCUT2D eigenvalue weighted by molar-refractivity contribution is 5.81. The van der Waals surface area contributed by atoms with Gasteiger partial charge in [0.25, 0.3) is 0 Å². The highest BCUT2D eigenvalue weighted by Gasteiger charge is 1.96. The van der Waals surface area contributed by atoms with Crippen molar-refractivity contribution in [2.24, 2.45) is 0 Å². The molecule has 0 radical (unpaired) electrons. The molecule has 0 aliphatic carbocycles. The van der Waals surface area contributed by atoms with Gasteiger partial charge in [-0.3, -0.25) is 0 Å². The molecule has 0 N–H and O–H groups in total. The third-order valence-corrected chi connectivity index (χ3v) is 2.46. The first kappa shape index (κ1) is 15.0. The Labute approximate surface area is 99.4 Å². The molecule has 0 fully saturated rings. The van der Waals surface area contributed by atoms with E-state index < -0.39 is 0 Å². The molecular weight excluding hydrogens is 200 g/mol. The number of unbranched alkanes of at least 4 members (excludes halogenated alkanes) is 7. The van der Waals surface area contributed by atoms with Gasteiger partial charge in [0.2, 0.25) is 0 Å². The Kier molecular flexibility index (Phi) is 11.3. The van der Waals surface area contributed by atoms with Crippen molar-refractivity contribution in [1.82, 2.24) is 0 Å². The summed E-state index contributed by atoms with van der Waals surface area (Å²) in [5.74, 6) is -0.335. The van der Waals surface area contributed by atoms with E-state index in [4.69, 9.17) is 4.74 Å². The Morgan fingerprint density at radius 3 is 2.25 bits per heavy atom. The number of carbonyl (C=O) groups is 1. The van der Waals surface area contributed by atoms with Crippen molar-refractivity contribution in [3.8, 4) is 0 Å².